The van der Waals surface area contributed by atoms with Crippen molar-refractivity contribution < 1.29 is 37.4 Å². The van der Waals surface area contributed by atoms with Crippen molar-refractivity contribution in [2.45, 2.75) is 76.3 Å². The molecule has 0 saturated heterocycles. The first-order valence-corrected chi connectivity index (χ1v) is 17.8. The first-order chi connectivity index (χ1) is 23.6. The Kier molecular flexibility index (Phi) is 10.4. The zero-order valence-electron chi connectivity index (χ0n) is 28.8. The Morgan fingerprint density at radius 2 is 1.64 bits per heavy atom. The topological polar surface area (TPSA) is 199 Å². The first-order valence-electron chi connectivity index (χ1n) is 16.3. The highest BCUT2D eigenvalue weighted by Crippen LogP contribution is 2.45. The van der Waals surface area contributed by atoms with Gasteiger partial charge in [-0.1, -0.05) is 48.5 Å². The maximum atomic E-state index is 13.4. The number of carboxylic acids is 1. The van der Waals surface area contributed by atoms with Gasteiger partial charge in [-0.05, 0) is 86.4 Å². The van der Waals surface area contributed by atoms with Gasteiger partial charge in [-0.15, -0.1) is 0 Å². The van der Waals surface area contributed by atoms with Crippen LogP contribution < -0.4 is 25.8 Å². The Morgan fingerprint density at radius 1 is 1.02 bits per heavy atom. The molecular formula is C36H43N5O8S. The highest BCUT2D eigenvalue weighted by atomic mass is 32.2. The molecule has 5 rings (SSSR count). The number of ether oxygens (including phenoxy) is 2. The number of aliphatic imine (C=N–C) groups is 1. The summed E-state index contributed by atoms with van der Waals surface area (Å²) in [7, 11) is -4.09. The smallest absolute Gasteiger partial charge is 0.407 e. The lowest BCUT2D eigenvalue weighted by molar-refractivity contribution is -0.141. The third-order valence-corrected chi connectivity index (χ3v) is 10.7. The molecule has 0 aromatic heterocycles. The lowest BCUT2D eigenvalue weighted by atomic mass is 9.94. The van der Waals surface area contributed by atoms with E-state index in [1.807, 2.05) is 69.3 Å². The molecule has 13 nitrogen and oxygen atoms in total. The molecule has 50 heavy (non-hydrogen) atoms. The Labute approximate surface area is 291 Å². The second-order valence-electron chi connectivity index (χ2n) is 13.2. The number of nitrogens with one attached hydrogen (secondary N) is 3. The molecule has 2 amide bonds. The van der Waals surface area contributed by atoms with Gasteiger partial charge in [0, 0.05) is 24.4 Å². The van der Waals surface area contributed by atoms with E-state index in [1.165, 1.54) is 0 Å². The minimum atomic E-state index is -4.09. The number of hydrogen-bond acceptors (Lipinski definition) is 8. The van der Waals surface area contributed by atoms with E-state index in [2.05, 4.69) is 20.3 Å². The van der Waals surface area contributed by atoms with Crippen LogP contribution >= 0.6 is 0 Å². The minimum absolute atomic E-state index is 0.00475. The van der Waals surface area contributed by atoms with Gasteiger partial charge >= 0.3 is 12.1 Å². The number of carboxylic acid groups (broad SMARTS) is 1. The van der Waals surface area contributed by atoms with Gasteiger partial charge in [0.15, 0.2) is 0 Å². The molecule has 1 aliphatic heterocycles. The average molecular weight is 706 g/mol. The second-order valence-corrected chi connectivity index (χ2v) is 14.8. The molecule has 0 unspecified atom stereocenters. The molecule has 2 aliphatic rings. The number of carbonyl (C=O) groups excluding carboxylic acids is 2. The van der Waals surface area contributed by atoms with E-state index in [9.17, 15) is 27.9 Å². The summed E-state index contributed by atoms with van der Waals surface area (Å²) in [6.45, 7) is 8.75. The highest BCUT2D eigenvalue weighted by molar-refractivity contribution is 7.90. The molecule has 3 aromatic carbocycles. The number of aliphatic carboxylic acids is 1. The zero-order chi connectivity index (χ0) is 36.4. The molecule has 1 atom stereocenters. The zero-order valence-corrected chi connectivity index (χ0v) is 29.6. The number of hydrogen-bond donors (Lipinski definition) is 5. The van der Waals surface area contributed by atoms with Crippen molar-refractivity contribution in [2.24, 2.45) is 10.7 Å². The molecule has 14 heteroatoms. The summed E-state index contributed by atoms with van der Waals surface area (Å²) in [5.74, 6) is -1.78. The molecule has 0 bridgehead atoms. The molecule has 3 aromatic rings. The maximum Gasteiger partial charge on any atom is 0.407 e. The van der Waals surface area contributed by atoms with Gasteiger partial charge in [0.2, 0.25) is 11.9 Å². The van der Waals surface area contributed by atoms with Crippen LogP contribution in [0.3, 0.4) is 0 Å². The number of fused-ring (bicyclic) bond motifs is 4. The van der Waals surface area contributed by atoms with Crippen molar-refractivity contribution in [2.75, 3.05) is 19.7 Å². The summed E-state index contributed by atoms with van der Waals surface area (Å²) in [4.78, 5) is 40.9. The van der Waals surface area contributed by atoms with Gasteiger partial charge in [-0.3, -0.25) is 9.79 Å². The Morgan fingerprint density at radius 3 is 2.26 bits per heavy atom. The number of guanidine groups is 1. The number of nitrogens with two attached hydrogens (primary N) is 1. The molecule has 6 N–H and O–H groups in total. The molecule has 0 spiro atoms. The largest absolute Gasteiger partial charge is 0.487 e. The predicted molar refractivity (Wildman–Crippen MR) is 188 cm³/mol. The van der Waals surface area contributed by atoms with Crippen molar-refractivity contribution in [1.82, 2.24) is 15.4 Å². The number of benzene rings is 3. The predicted octanol–water partition coefficient (Wildman–Crippen LogP) is 3.81. The van der Waals surface area contributed by atoms with Crippen molar-refractivity contribution in [3.8, 4) is 16.9 Å². The van der Waals surface area contributed by atoms with Crippen LogP contribution in [0.2, 0.25) is 0 Å². The van der Waals surface area contributed by atoms with Gasteiger partial charge in [-0.25, -0.2) is 22.7 Å². The number of carbonyl (C=O) groups is 3. The Balaban J connectivity index is 1.08. The number of amides is 2. The molecule has 0 saturated carbocycles. The van der Waals surface area contributed by atoms with Gasteiger partial charge < -0.3 is 30.9 Å². The minimum Gasteiger partial charge on any atom is -0.487 e. The third kappa shape index (κ3) is 7.70. The van der Waals surface area contributed by atoms with Crippen LogP contribution in [0.5, 0.6) is 5.75 Å². The second kappa shape index (κ2) is 14.4. The van der Waals surface area contributed by atoms with E-state index in [1.54, 1.807) is 13.8 Å². The normalized spacial score (nSPS) is 15.3. The quantitative estimate of drug-likeness (QED) is 0.106. The van der Waals surface area contributed by atoms with E-state index in [-0.39, 0.29) is 42.8 Å². The van der Waals surface area contributed by atoms with Gasteiger partial charge in [-0.2, -0.15) is 0 Å². The van der Waals surface area contributed by atoms with E-state index in [4.69, 9.17) is 15.2 Å². The van der Waals surface area contributed by atoms with E-state index in [0.717, 1.165) is 33.4 Å². The van der Waals surface area contributed by atoms with E-state index < -0.39 is 46.2 Å². The van der Waals surface area contributed by atoms with Crippen molar-refractivity contribution in [3.63, 3.8) is 0 Å². The fourth-order valence-corrected chi connectivity index (χ4v) is 8.19. The van der Waals surface area contributed by atoms with Crippen molar-refractivity contribution in [3.05, 3.63) is 81.9 Å². The van der Waals surface area contributed by atoms with E-state index >= 15 is 0 Å². The number of sulfonamides is 1. The molecule has 1 aliphatic carbocycles. The Bertz CT molecular complexity index is 1930. The summed E-state index contributed by atoms with van der Waals surface area (Å²) in [6, 6.07) is 14.5. The van der Waals surface area contributed by atoms with Crippen LogP contribution in [0.25, 0.3) is 11.1 Å². The van der Waals surface area contributed by atoms with Crippen LogP contribution in [0.15, 0.2) is 58.4 Å². The van der Waals surface area contributed by atoms with Gasteiger partial charge in [0.1, 0.15) is 30.5 Å². The average Bonchev–Trinajstić information content (AvgIpc) is 3.56. The number of rotatable bonds is 12. The fraction of sp³-hybridized carbons (Fsp3) is 0.389. The van der Waals surface area contributed by atoms with Crippen LogP contribution in [-0.2, 0) is 30.8 Å². The molecule has 266 valence electrons. The first kappa shape index (κ1) is 36.2. The summed E-state index contributed by atoms with van der Waals surface area (Å²) in [6.07, 6.45) is -0.0948. The van der Waals surface area contributed by atoms with Crippen LogP contribution in [-0.4, -0.2) is 68.8 Å². The SMILES string of the molecule is Cc1c(C)c(S(=O)(=O)NC(N)=NCCC[C@H](NC(=O)CNC(=O)OCC2c3ccccc3-c3ccccc32)C(=O)O)c(C)c2c1OC(C)(C)C2. The standard InChI is InChI=1S/C36H43N5O8S/c1-20-21(2)32(22(3)27-17-36(4,5)49-31(20)27)50(46,47)41-34(37)38-16-10-15-29(33(43)44)40-30(42)18-39-35(45)48-19-28-25-13-8-6-11-23(25)24-12-7-9-14-26(24)28/h6-9,11-14,28-29H,10,15-19H2,1-5H3,(H,39,45)(H,40,42)(H,43,44)(H3,37,38,41)/t29-/m0/s1. The Hall–Kier alpha value is -5.11. The highest BCUT2D eigenvalue weighted by Gasteiger charge is 2.37. The summed E-state index contributed by atoms with van der Waals surface area (Å²) >= 11 is 0. The van der Waals surface area contributed by atoms with Gasteiger partial charge in [0.25, 0.3) is 10.0 Å². The molecule has 0 fully saturated rings. The summed E-state index contributed by atoms with van der Waals surface area (Å²) in [5, 5.41) is 14.4. The molecule has 0 radical (unpaired) electrons. The van der Waals surface area contributed by atoms with Crippen LogP contribution in [0.4, 0.5) is 4.79 Å². The van der Waals surface area contributed by atoms with Crippen molar-refractivity contribution >= 4 is 34.0 Å². The number of alkyl carbamates (subject to hydrolysis) is 1. The van der Waals surface area contributed by atoms with Crippen LogP contribution in [0.1, 0.15) is 66.0 Å². The number of nitrogens with zero attached hydrogens (tertiary/aromatic N) is 1. The third-order valence-electron chi connectivity index (χ3n) is 9.10. The monoisotopic (exact) mass is 705 g/mol. The molecule has 1 heterocycles. The van der Waals surface area contributed by atoms with E-state index in [0.29, 0.717) is 23.3 Å². The summed E-state index contributed by atoms with van der Waals surface area (Å²) < 4.78 is 40.6. The van der Waals surface area contributed by atoms with Gasteiger partial charge in [0.05, 0.1) is 4.90 Å². The van der Waals surface area contributed by atoms with Crippen molar-refractivity contribution in [1.29, 1.82) is 0 Å². The maximum absolute atomic E-state index is 13.4. The lowest BCUT2D eigenvalue weighted by Gasteiger charge is -2.19. The van der Waals surface area contributed by atoms with Crippen LogP contribution in [0, 0.1) is 20.8 Å². The summed E-state index contributed by atoms with van der Waals surface area (Å²) in [5.41, 5.74) is 12.4. The molecular weight excluding hydrogens is 662 g/mol. The lowest BCUT2D eigenvalue weighted by Crippen LogP contribution is -2.45. The fourth-order valence-electron chi connectivity index (χ4n) is 6.67.